The Balaban J connectivity index is 1.53. The molecule has 28 heavy (non-hydrogen) atoms. The number of amides is 2. The van der Waals surface area contributed by atoms with E-state index in [1.807, 2.05) is 42.5 Å². The lowest BCUT2D eigenvalue weighted by Gasteiger charge is -2.06. The summed E-state index contributed by atoms with van der Waals surface area (Å²) in [4.78, 5) is 24.3. The second-order valence-electron chi connectivity index (χ2n) is 6.43. The van der Waals surface area contributed by atoms with E-state index in [0.717, 1.165) is 24.0 Å². The Hall–Kier alpha value is -3.41. The van der Waals surface area contributed by atoms with Gasteiger partial charge in [0.15, 0.2) is 0 Å². The van der Waals surface area contributed by atoms with Crippen LogP contribution in [0.1, 0.15) is 46.2 Å². The first kappa shape index (κ1) is 19.4. The molecule has 2 N–H and O–H groups in total. The predicted molar refractivity (Wildman–Crippen MR) is 107 cm³/mol. The molecule has 6 heteroatoms. The van der Waals surface area contributed by atoms with Crippen LogP contribution in [0.25, 0.3) is 11.3 Å². The molecule has 3 rings (SSSR count). The number of benzene rings is 2. The molecule has 0 unspecified atom stereocenters. The third-order valence-corrected chi connectivity index (χ3v) is 4.29. The number of carbonyl (C=O) groups is 2. The molecule has 0 fully saturated rings. The highest BCUT2D eigenvalue weighted by Crippen LogP contribution is 2.18. The summed E-state index contributed by atoms with van der Waals surface area (Å²) in [6.45, 7) is 3.09. The molecule has 0 bridgehead atoms. The number of aromatic nitrogens is 1. The van der Waals surface area contributed by atoms with E-state index in [2.05, 4.69) is 22.7 Å². The van der Waals surface area contributed by atoms with Crippen molar-refractivity contribution in [3.63, 3.8) is 0 Å². The summed E-state index contributed by atoms with van der Waals surface area (Å²) in [7, 11) is 0. The lowest BCUT2D eigenvalue weighted by Crippen LogP contribution is -2.24. The van der Waals surface area contributed by atoms with Crippen molar-refractivity contribution in [3.8, 4) is 11.3 Å². The highest BCUT2D eigenvalue weighted by molar-refractivity contribution is 5.94. The van der Waals surface area contributed by atoms with Gasteiger partial charge in [0.05, 0.1) is 0 Å². The molecule has 0 saturated carbocycles. The lowest BCUT2D eigenvalue weighted by atomic mass is 10.1. The molecule has 3 aromatic rings. The second kappa shape index (κ2) is 9.50. The number of carbonyl (C=O) groups excluding carboxylic acids is 2. The van der Waals surface area contributed by atoms with Crippen LogP contribution in [0.5, 0.6) is 0 Å². The van der Waals surface area contributed by atoms with Crippen LogP contribution in [0.3, 0.4) is 0 Å². The molecule has 0 spiro atoms. The Morgan fingerprint density at radius 1 is 0.964 bits per heavy atom. The van der Waals surface area contributed by atoms with Crippen LogP contribution in [0.4, 0.5) is 0 Å². The number of nitrogens with zero attached hydrogens (tertiary/aromatic N) is 1. The molecule has 1 heterocycles. The van der Waals surface area contributed by atoms with E-state index in [1.54, 1.807) is 18.2 Å². The number of hydrogen-bond donors (Lipinski definition) is 2. The summed E-state index contributed by atoms with van der Waals surface area (Å²) < 4.78 is 5.15. The summed E-state index contributed by atoms with van der Waals surface area (Å²) in [5, 5.41) is 9.62. The first-order valence-corrected chi connectivity index (χ1v) is 9.35. The Labute approximate surface area is 163 Å². The highest BCUT2D eigenvalue weighted by atomic mass is 16.5. The van der Waals surface area contributed by atoms with Crippen molar-refractivity contribution >= 4 is 11.8 Å². The van der Waals surface area contributed by atoms with Gasteiger partial charge in [0.25, 0.3) is 11.8 Å². The summed E-state index contributed by atoms with van der Waals surface area (Å²) in [6, 6.07) is 18.3. The van der Waals surface area contributed by atoms with E-state index in [4.69, 9.17) is 4.52 Å². The molecule has 0 atom stereocenters. The van der Waals surface area contributed by atoms with Gasteiger partial charge in [0.2, 0.25) is 5.76 Å². The van der Waals surface area contributed by atoms with Gasteiger partial charge in [-0.05, 0) is 24.1 Å². The van der Waals surface area contributed by atoms with Crippen LogP contribution in [0, 0.1) is 0 Å². The van der Waals surface area contributed by atoms with E-state index in [1.165, 1.54) is 0 Å². The standard InChI is InChI=1S/C22H23N3O3/c1-2-3-13-23-21(26)18-11-9-16(10-12-18)15-24-22(27)20-14-19(25-28-20)17-7-5-4-6-8-17/h4-12,14H,2-3,13,15H2,1H3,(H,23,26)(H,24,27). The van der Waals surface area contributed by atoms with Gasteiger partial charge in [0, 0.05) is 30.3 Å². The van der Waals surface area contributed by atoms with Crippen molar-refractivity contribution in [3.05, 3.63) is 77.6 Å². The minimum absolute atomic E-state index is 0.0841. The Bertz CT molecular complexity index is 918. The number of hydrogen-bond acceptors (Lipinski definition) is 4. The van der Waals surface area contributed by atoms with Crippen molar-refractivity contribution in [2.24, 2.45) is 0 Å². The van der Waals surface area contributed by atoms with Crippen molar-refractivity contribution in [2.75, 3.05) is 6.54 Å². The fraction of sp³-hybridized carbons (Fsp3) is 0.227. The zero-order chi connectivity index (χ0) is 19.8. The smallest absolute Gasteiger partial charge is 0.290 e. The first-order valence-electron chi connectivity index (χ1n) is 9.35. The monoisotopic (exact) mass is 377 g/mol. The molecular formula is C22H23N3O3. The number of unbranched alkanes of at least 4 members (excludes halogenated alkanes) is 1. The average molecular weight is 377 g/mol. The molecule has 6 nitrogen and oxygen atoms in total. The molecule has 144 valence electrons. The van der Waals surface area contributed by atoms with Crippen LogP contribution >= 0.6 is 0 Å². The summed E-state index contributed by atoms with van der Waals surface area (Å²) >= 11 is 0. The maximum Gasteiger partial charge on any atom is 0.290 e. The fourth-order valence-corrected chi connectivity index (χ4v) is 2.65. The van der Waals surface area contributed by atoms with E-state index in [0.29, 0.717) is 24.3 Å². The predicted octanol–water partition coefficient (Wildman–Crippen LogP) is 3.80. The average Bonchev–Trinajstić information content (AvgIpc) is 3.23. The van der Waals surface area contributed by atoms with Crippen LogP contribution in [-0.4, -0.2) is 23.5 Å². The van der Waals surface area contributed by atoms with E-state index in [-0.39, 0.29) is 17.6 Å². The summed E-state index contributed by atoms with van der Waals surface area (Å²) in [5.41, 5.74) is 3.00. The molecule has 0 aliphatic heterocycles. The van der Waals surface area contributed by atoms with Gasteiger partial charge in [-0.3, -0.25) is 9.59 Å². The van der Waals surface area contributed by atoms with E-state index < -0.39 is 0 Å². The van der Waals surface area contributed by atoms with Gasteiger partial charge >= 0.3 is 0 Å². The molecule has 0 radical (unpaired) electrons. The van der Waals surface area contributed by atoms with Crippen LogP contribution in [-0.2, 0) is 6.54 Å². The SMILES string of the molecule is CCCCNC(=O)c1ccc(CNC(=O)c2cc(-c3ccccc3)no2)cc1. The van der Waals surface area contributed by atoms with Crippen LogP contribution in [0.15, 0.2) is 65.2 Å². The van der Waals surface area contributed by atoms with Crippen LogP contribution < -0.4 is 10.6 Å². The van der Waals surface area contributed by atoms with Gasteiger partial charge in [-0.15, -0.1) is 0 Å². The third-order valence-electron chi connectivity index (χ3n) is 4.29. The van der Waals surface area contributed by atoms with Crippen LogP contribution in [0.2, 0.25) is 0 Å². The highest BCUT2D eigenvalue weighted by Gasteiger charge is 2.14. The van der Waals surface area contributed by atoms with Crippen molar-refractivity contribution < 1.29 is 14.1 Å². The van der Waals surface area contributed by atoms with Gasteiger partial charge in [-0.2, -0.15) is 0 Å². The van der Waals surface area contributed by atoms with Gasteiger partial charge in [-0.25, -0.2) is 0 Å². The lowest BCUT2D eigenvalue weighted by molar-refractivity contribution is 0.0912. The number of rotatable bonds is 8. The minimum atomic E-state index is -0.337. The minimum Gasteiger partial charge on any atom is -0.352 e. The molecule has 0 aliphatic rings. The largest absolute Gasteiger partial charge is 0.352 e. The van der Waals surface area contributed by atoms with Crippen molar-refractivity contribution in [2.45, 2.75) is 26.3 Å². The third kappa shape index (κ3) is 5.07. The normalized spacial score (nSPS) is 10.5. The maximum absolute atomic E-state index is 12.3. The zero-order valence-electron chi connectivity index (χ0n) is 15.8. The van der Waals surface area contributed by atoms with E-state index >= 15 is 0 Å². The second-order valence-corrected chi connectivity index (χ2v) is 6.43. The van der Waals surface area contributed by atoms with Gasteiger partial charge < -0.3 is 15.2 Å². The molecule has 2 aromatic carbocycles. The zero-order valence-corrected chi connectivity index (χ0v) is 15.8. The summed E-state index contributed by atoms with van der Waals surface area (Å²) in [5.74, 6) is -0.263. The Morgan fingerprint density at radius 3 is 2.43 bits per heavy atom. The quantitative estimate of drug-likeness (QED) is 0.585. The van der Waals surface area contributed by atoms with Gasteiger partial charge in [0.1, 0.15) is 5.69 Å². The molecular weight excluding hydrogens is 354 g/mol. The maximum atomic E-state index is 12.3. The molecule has 0 saturated heterocycles. The topological polar surface area (TPSA) is 84.2 Å². The fourth-order valence-electron chi connectivity index (χ4n) is 2.65. The van der Waals surface area contributed by atoms with Crippen molar-refractivity contribution in [1.29, 1.82) is 0 Å². The number of nitrogens with one attached hydrogen (secondary N) is 2. The molecule has 2 amide bonds. The molecule has 0 aliphatic carbocycles. The summed E-state index contributed by atoms with van der Waals surface area (Å²) in [6.07, 6.45) is 2.00. The molecule has 1 aromatic heterocycles. The van der Waals surface area contributed by atoms with Crippen molar-refractivity contribution in [1.82, 2.24) is 15.8 Å². The van der Waals surface area contributed by atoms with Gasteiger partial charge in [-0.1, -0.05) is 61.0 Å². The first-order chi connectivity index (χ1) is 13.7. The Kier molecular flexibility index (Phi) is 6.57. The van der Waals surface area contributed by atoms with E-state index in [9.17, 15) is 9.59 Å². The Morgan fingerprint density at radius 2 is 1.71 bits per heavy atom.